The molecule has 0 aromatic heterocycles. The smallest absolute Gasteiger partial charge is 0.408 e. The molecule has 1 atom stereocenters. The number of amides is 3. The van der Waals surface area contributed by atoms with E-state index in [-0.39, 0.29) is 24.2 Å². The van der Waals surface area contributed by atoms with Crippen LogP contribution in [-0.4, -0.2) is 51.6 Å². The third kappa shape index (κ3) is 7.87. The van der Waals surface area contributed by atoms with Gasteiger partial charge in [0.05, 0.1) is 0 Å². The molecule has 8 heteroatoms. The van der Waals surface area contributed by atoms with Gasteiger partial charge in [-0.15, -0.1) is 0 Å². The van der Waals surface area contributed by atoms with E-state index in [1.807, 2.05) is 20.8 Å². The van der Waals surface area contributed by atoms with Crippen molar-refractivity contribution < 1.29 is 24.2 Å². The molecule has 0 saturated heterocycles. The Labute approximate surface area is 209 Å². The van der Waals surface area contributed by atoms with E-state index in [2.05, 4.69) is 10.6 Å². The van der Waals surface area contributed by atoms with Crippen LogP contribution in [0.1, 0.15) is 97.2 Å². The van der Waals surface area contributed by atoms with Crippen molar-refractivity contribution in [2.75, 3.05) is 6.54 Å². The normalized spacial score (nSPS) is 15.7. The first-order valence-electron chi connectivity index (χ1n) is 12.6. The van der Waals surface area contributed by atoms with Gasteiger partial charge in [-0.2, -0.15) is 0 Å². The number of rotatable bonds is 8. The van der Waals surface area contributed by atoms with E-state index in [4.69, 9.17) is 4.74 Å². The number of aryl methyl sites for hydroxylation is 1. The van der Waals surface area contributed by atoms with Gasteiger partial charge in [0.2, 0.25) is 11.8 Å². The molecule has 0 aliphatic heterocycles. The molecule has 1 aromatic rings. The SMILES string of the molecule is CCC(C)(C)N(C(=O)CNC(=O)OC(C)(C)C)C(C(=O)NC1CCCCC1)c1cccc(C)c1O. The van der Waals surface area contributed by atoms with Crippen LogP contribution in [0.4, 0.5) is 4.79 Å². The molecule has 1 unspecified atom stereocenters. The molecular weight excluding hydrogens is 446 g/mol. The average molecular weight is 490 g/mol. The zero-order chi connectivity index (χ0) is 26.4. The number of nitrogens with one attached hydrogen (secondary N) is 2. The molecule has 3 N–H and O–H groups in total. The summed E-state index contributed by atoms with van der Waals surface area (Å²) in [6.45, 7) is 12.4. The molecule has 0 radical (unpaired) electrons. The van der Waals surface area contributed by atoms with Crippen LogP contribution < -0.4 is 10.6 Å². The minimum absolute atomic E-state index is 0.0129. The molecule has 1 saturated carbocycles. The number of phenols is 1. The fourth-order valence-electron chi connectivity index (χ4n) is 4.38. The Morgan fingerprint density at radius 3 is 2.31 bits per heavy atom. The monoisotopic (exact) mass is 489 g/mol. The molecular formula is C27H43N3O5. The number of aromatic hydroxyl groups is 1. The summed E-state index contributed by atoms with van der Waals surface area (Å²) < 4.78 is 5.27. The second-order valence-electron chi connectivity index (χ2n) is 11.0. The zero-order valence-electron chi connectivity index (χ0n) is 22.4. The molecule has 0 bridgehead atoms. The molecule has 1 aliphatic carbocycles. The van der Waals surface area contributed by atoms with Gasteiger partial charge in [0, 0.05) is 17.1 Å². The Hall–Kier alpha value is -2.77. The molecule has 8 nitrogen and oxygen atoms in total. The first-order chi connectivity index (χ1) is 16.3. The van der Waals surface area contributed by atoms with Crippen molar-refractivity contribution in [1.29, 1.82) is 0 Å². The quantitative estimate of drug-likeness (QED) is 0.489. The van der Waals surface area contributed by atoms with Crippen LogP contribution in [-0.2, 0) is 14.3 Å². The third-order valence-electron chi connectivity index (χ3n) is 6.59. The van der Waals surface area contributed by atoms with Gasteiger partial charge >= 0.3 is 6.09 Å². The molecule has 1 aromatic carbocycles. The number of alkyl carbamates (subject to hydrolysis) is 1. The molecule has 0 spiro atoms. The molecule has 0 heterocycles. The van der Waals surface area contributed by atoms with Crippen molar-refractivity contribution in [2.24, 2.45) is 0 Å². The highest BCUT2D eigenvalue weighted by Crippen LogP contribution is 2.37. The van der Waals surface area contributed by atoms with Gasteiger partial charge in [-0.05, 0) is 66.4 Å². The number of para-hydroxylation sites is 1. The van der Waals surface area contributed by atoms with Gasteiger partial charge in [-0.25, -0.2) is 4.79 Å². The first kappa shape index (κ1) is 28.5. The van der Waals surface area contributed by atoms with Crippen molar-refractivity contribution in [1.82, 2.24) is 15.5 Å². The summed E-state index contributed by atoms with van der Waals surface area (Å²) in [5, 5.41) is 16.6. The summed E-state index contributed by atoms with van der Waals surface area (Å²) in [4.78, 5) is 41.1. The van der Waals surface area contributed by atoms with Crippen LogP contribution in [0.2, 0.25) is 0 Å². The second-order valence-corrected chi connectivity index (χ2v) is 11.0. The third-order valence-corrected chi connectivity index (χ3v) is 6.59. The Kier molecular flexibility index (Phi) is 9.58. The van der Waals surface area contributed by atoms with Crippen molar-refractivity contribution in [3.63, 3.8) is 0 Å². The van der Waals surface area contributed by atoms with E-state index in [1.54, 1.807) is 45.9 Å². The van der Waals surface area contributed by atoms with Gasteiger partial charge in [-0.1, -0.05) is 44.4 Å². The van der Waals surface area contributed by atoms with E-state index in [1.165, 1.54) is 4.90 Å². The number of hydrogen-bond acceptors (Lipinski definition) is 5. The van der Waals surface area contributed by atoms with Crippen molar-refractivity contribution in [2.45, 2.75) is 110 Å². The Morgan fingerprint density at radius 2 is 1.74 bits per heavy atom. The van der Waals surface area contributed by atoms with Gasteiger partial charge in [0.15, 0.2) is 0 Å². The molecule has 196 valence electrons. The fraction of sp³-hybridized carbons (Fsp3) is 0.667. The van der Waals surface area contributed by atoms with Gasteiger partial charge in [0.25, 0.3) is 0 Å². The maximum Gasteiger partial charge on any atom is 0.408 e. The van der Waals surface area contributed by atoms with Gasteiger partial charge in [-0.3, -0.25) is 9.59 Å². The predicted molar refractivity (Wildman–Crippen MR) is 136 cm³/mol. The summed E-state index contributed by atoms with van der Waals surface area (Å²) in [5.74, 6) is -0.779. The first-order valence-corrected chi connectivity index (χ1v) is 12.6. The maximum absolute atomic E-state index is 13.8. The predicted octanol–water partition coefficient (Wildman–Crippen LogP) is 4.73. The zero-order valence-corrected chi connectivity index (χ0v) is 22.4. The molecule has 35 heavy (non-hydrogen) atoms. The summed E-state index contributed by atoms with van der Waals surface area (Å²) in [5.41, 5.74) is -0.458. The molecule has 2 rings (SSSR count). The number of nitrogens with zero attached hydrogens (tertiary/aromatic N) is 1. The topological polar surface area (TPSA) is 108 Å². The number of ether oxygens (including phenoxy) is 1. The van der Waals surface area contributed by atoms with E-state index >= 15 is 0 Å². The summed E-state index contributed by atoms with van der Waals surface area (Å²) in [6, 6.07) is 4.19. The van der Waals surface area contributed by atoms with E-state index in [0.717, 1.165) is 32.1 Å². The second kappa shape index (κ2) is 11.8. The lowest BCUT2D eigenvalue weighted by Gasteiger charge is -2.43. The maximum atomic E-state index is 13.8. The number of carbonyl (C=O) groups excluding carboxylic acids is 3. The minimum atomic E-state index is -1.06. The van der Waals surface area contributed by atoms with E-state index in [0.29, 0.717) is 17.5 Å². The number of benzene rings is 1. The largest absolute Gasteiger partial charge is 0.507 e. The average Bonchev–Trinajstić information content (AvgIpc) is 2.77. The molecule has 1 fully saturated rings. The Morgan fingerprint density at radius 1 is 1.11 bits per heavy atom. The van der Waals surface area contributed by atoms with Crippen molar-refractivity contribution in [3.05, 3.63) is 29.3 Å². The van der Waals surface area contributed by atoms with Crippen molar-refractivity contribution >= 4 is 17.9 Å². The Bertz CT molecular complexity index is 901. The van der Waals surface area contributed by atoms with Crippen molar-refractivity contribution in [3.8, 4) is 5.75 Å². The highest BCUT2D eigenvalue weighted by atomic mass is 16.6. The van der Waals surface area contributed by atoms with Crippen LogP contribution in [0, 0.1) is 6.92 Å². The van der Waals surface area contributed by atoms with Gasteiger partial charge in [0.1, 0.15) is 23.9 Å². The van der Waals surface area contributed by atoms with Crippen LogP contribution >= 0.6 is 0 Å². The summed E-state index contributed by atoms with van der Waals surface area (Å²) in [7, 11) is 0. The van der Waals surface area contributed by atoms with Crippen LogP contribution in [0.3, 0.4) is 0 Å². The van der Waals surface area contributed by atoms with Crippen LogP contribution in [0.5, 0.6) is 5.75 Å². The lowest BCUT2D eigenvalue weighted by molar-refractivity contribution is -0.147. The van der Waals surface area contributed by atoms with E-state index < -0.39 is 29.2 Å². The number of phenolic OH excluding ortho intramolecular Hbond substituents is 1. The van der Waals surface area contributed by atoms with Crippen LogP contribution in [0.15, 0.2) is 18.2 Å². The van der Waals surface area contributed by atoms with Crippen LogP contribution in [0.25, 0.3) is 0 Å². The lowest BCUT2D eigenvalue weighted by atomic mass is 9.90. The standard InChI is InChI=1S/C27H43N3O5/c1-8-27(6,7)30(21(31)17-28-25(34)35-26(3,4)5)22(20-16-12-13-18(2)23(20)32)24(33)29-19-14-10-9-11-15-19/h12-13,16,19,22,32H,8-11,14-15,17H2,1-7H3,(H,28,34)(H,29,33). The number of hydrogen-bond donors (Lipinski definition) is 3. The minimum Gasteiger partial charge on any atom is -0.507 e. The highest BCUT2D eigenvalue weighted by Gasteiger charge is 2.41. The number of carbonyl (C=O) groups is 3. The highest BCUT2D eigenvalue weighted by molar-refractivity contribution is 5.91. The Balaban J connectivity index is 2.44. The molecule has 3 amide bonds. The van der Waals surface area contributed by atoms with Gasteiger partial charge < -0.3 is 25.4 Å². The lowest BCUT2D eigenvalue weighted by Crippen LogP contribution is -2.57. The summed E-state index contributed by atoms with van der Waals surface area (Å²) in [6.07, 6.45) is 4.89. The summed E-state index contributed by atoms with van der Waals surface area (Å²) >= 11 is 0. The molecule has 1 aliphatic rings. The fourth-order valence-corrected chi connectivity index (χ4v) is 4.38. The van der Waals surface area contributed by atoms with E-state index in [9.17, 15) is 19.5 Å².